The third kappa shape index (κ3) is 4.61. The van der Waals surface area contributed by atoms with Gasteiger partial charge in [0, 0.05) is 10.9 Å². The lowest BCUT2D eigenvalue weighted by atomic mass is 10.3. The number of ether oxygens (including phenoxy) is 1. The number of halogens is 3. The molecule has 0 unspecified atom stereocenters. The molecule has 2 rings (SSSR count). The van der Waals surface area contributed by atoms with E-state index in [1.54, 1.807) is 0 Å². The molecule has 0 aliphatic heterocycles. The van der Waals surface area contributed by atoms with Crippen molar-refractivity contribution in [2.75, 3.05) is 6.61 Å². The summed E-state index contributed by atoms with van der Waals surface area (Å²) >= 11 is 19.2. The second-order valence-electron chi connectivity index (χ2n) is 4.19. The van der Waals surface area contributed by atoms with Crippen molar-refractivity contribution in [2.24, 2.45) is 5.10 Å². The van der Waals surface area contributed by atoms with E-state index in [-0.39, 0.29) is 17.4 Å². The maximum atomic E-state index is 11.7. The normalized spacial score (nSPS) is 11.4. The zero-order valence-corrected chi connectivity index (χ0v) is 14.5. The van der Waals surface area contributed by atoms with Crippen LogP contribution in [0, 0.1) is 0 Å². The molecule has 1 heterocycles. The molecule has 0 fully saturated rings. The first kappa shape index (κ1) is 17.1. The molecule has 0 aliphatic rings. The third-order valence-corrected chi connectivity index (χ3v) is 4.56. The minimum Gasteiger partial charge on any atom is -0.482 e. The van der Waals surface area contributed by atoms with Crippen LogP contribution >= 0.6 is 46.1 Å². The highest BCUT2D eigenvalue weighted by atomic mass is 35.5. The van der Waals surface area contributed by atoms with E-state index in [9.17, 15) is 4.79 Å². The SMILES string of the molecule is CC(=NNC(=O)COc1cc(Cl)c(Cl)cc1Cl)c1cccs1. The van der Waals surface area contributed by atoms with Crippen molar-refractivity contribution >= 4 is 57.8 Å². The second-order valence-corrected chi connectivity index (χ2v) is 6.36. The predicted molar refractivity (Wildman–Crippen MR) is 91.6 cm³/mol. The molecule has 1 N–H and O–H groups in total. The Morgan fingerprint density at radius 1 is 1.27 bits per heavy atom. The molecule has 1 aromatic carbocycles. The number of carbonyl (C=O) groups is 1. The number of thiophene rings is 1. The Hall–Kier alpha value is -1.27. The van der Waals surface area contributed by atoms with Crippen LogP contribution in [0.4, 0.5) is 0 Å². The van der Waals surface area contributed by atoms with Crippen LogP contribution in [0.1, 0.15) is 11.8 Å². The minimum atomic E-state index is -0.405. The quantitative estimate of drug-likeness (QED) is 0.469. The molecule has 0 aliphatic carbocycles. The number of amides is 1. The Morgan fingerprint density at radius 3 is 2.68 bits per heavy atom. The number of carbonyl (C=O) groups excluding carboxylic acids is 1. The lowest BCUT2D eigenvalue weighted by Crippen LogP contribution is -2.25. The Labute approximate surface area is 146 Å². The standard InChI is InChI=1S/C14H11Cl3N2O2S/c1-8(13-3-2-4-22-13)18-19-14(20)7-21-12-6-10(16)9(15)5-11(12)17/h2-6H,7H2,1H3,(H,19,20). The van der Waals surface area contributed by atoms with Gasteiger partial charge in [-0.15, -0.1) is 11.3 Å². The van der Waals surface area contributed by atoms with Crippen LogP contribution in [0.2, 0.25) is 15.1 Å². The average Bonchev–Trinajstić information content (AvgIpc) is 3.01. The fraction of sp³-hybridized carbons (Fsp3) is 0.143. The predicted octanol–water partition coefficient (Wildman–Crippen LogP) is 4.63. The Kier molecular flexibility index (Phi) is 6.08. The Bertz CT molecular complexity index is 702. The van der Waals surface area contributed by atoms with Gasteiger partial charge in [0.1, 0.15) is 5.75 Å². The molecule has 0 atom stereocenters. The summed E-state index contributed by atoms with van der Waals surface area (Å²) < 4.78 is 5.30. The highest BCUT2D eigenvalue weighted by molar-refractivity contribution is 7.12. The maximum Gasteiger partial charge on any atom is 0.277 e. The smallest absolute Gasteiger partial charge is 0.277 e. The van der Waals surface area contributed by atoms with Crippen molar-refractivity contribution in [2.45, 2.75) is 6.92 Å². The van der Waals surface area contributed by atoms with E-state index in [2.05, 4.69) is 10.5 Å². The molecule has 2 aromatic rings. The third-order valence-electron chi connectivity index (χ3n) is 2.56. The first-order chi connectivity index (χ1) is 10.5. The van der Waals surface area contributed by atoms with E-state index < -0.39 is 5.91 Å². The molecular weight excluding hydrogens is 367 g/mol. The summed E-state index contributed by atoms with van der Waals surface area (Å²) in [7, 11) is 0. The maximum absolute atomic E-state index is 11.7. The number of rotatable bonds is 5. The van der Waals surface area contributed by atoms with Crippen LogP contribution in [0.15, 0.2) is 34.7 Å². The van der Waals surface area contributed by atoms with E-state index in [0.29, 0.717) is 10.0 Å². The van der Waals surface area contributed by atoms with E-state index >= 15 is 0 Å². The van der Waals surface area contributed by atoms with Crippen LogP contribution in [-0.4, -0.2) is 18.2 Å². The molecule has 0 saturated carbocycles. The topological polar surface area (TPSA) is 50.7 Å². The zero-order valence-electron chi connectivity index (χ0n) is 11.4. The van der Waals surface area contributed by atoms with E-state index in [4.69, 9.17) is 39.5 Å². The highest BCUT2D eigenvalue weighted by Crippen LogP contribution is 2.33. The highest BCUT2D eigenvalue weighted by Gasteiger charge is 2.09. The fourth-order valence-corrected chi connectivity index (χ4v) is 2.74. The molecule has 0 spiro atoms. The summed E-state index contributed by atoms with van der Waals surface area (Å²) in [6.45, 7) is 1.57. The lowest BCUT2D eigenvalue weighted by Gasteiger charge is -2.08. The summed E-state index contributed by atoms with van der Waals surface area (Å²) in [5.74, 6) is -0.122. The van der Waals surface area contributed by atoms with E-state index in [1.807, 2.05) is 24.4 Å². The van der Waals surface area contributed by atoms with Crippen LogP contribution in [0.3, 0.4) is 0 Å². The van der Waals surface area contributed by atoms with Gasteiger partial charge in [0.25, 0.3) is 5.91 Å². The van der Waals surface area contributed by atoms with Gasteiger partial charge in [0.15, 0.2) is 6.61 Å². The summed E-state index contributed by atoms with van der Waals surface area (Å²) in [5, 5.41) is 6.83. The first-order valence-corrected chi connectivity index (χ1v) is 8.13. The summed E-state index contributed by atoms with van der Waals surface area (Å²) in [6.07, 6.45) is 0. The van der Waals surface area contributed by atoms with E-state index in [1.165, 1.54) is 23.5 Å². The molecule has 8 heteroatoms. The number of hydrogen-bond donors (Lipinski definition) is 1. The van der Waals surface area contributed by atoms with Gasteiger partial charge >= 0.3 is 0 Å². The van der Waals surface area contributed by atoms with Crippen molar-refractivity contribution in [3.8, 4) is 5.75 Å². The monoisotopic (exact) mass is 376 g/mol. The van der Waals surface area contributed by atoms with Crippen molar-refractivity contribution < 1.29 is 9.53 Å². The molecule has 116 valence electrons. The molecule has 1 aromatic heterocycles. The molecule has 0 radical (unpaired) electrons. The van der Waals surface area contributed by atoms with Gasteiger partial charge in [-0.2, -0.15) is 5.10 Å². The van der Waals surface area contributed by atoms with E-state index in [0.717, 1.165) is 10.6 Å². The fourth-order valence-electron chi connectivity index (χ4n) is 1.48. The van der Waals surface area contributed by atoms with Gasteiger partial charge in [-0.1, -0.05) is 40.9 Å². The summed E-state index contributed by atoms with van der Waals surface area (Å²) in [4.78, 5) is 12.7. The Balaban J connectivity index is 1.91. The van der Waals surface area contributed by atoms with Gasteiger partial charge < -0.3 is 4.74 Å². The number of hydrogen-bond acceptors (Lipinski definition) is 4. The molecule has 1 amide bonds. The number of hydrazone groups is 1. The molecule has 22 heavy (non-hydrogen) atoms. The van der Waals surface area contributed by atoms with Crippen molar-refractivity contribution in [1.82, 2.24) is 5.43 Å². The lowest BCUT2D eigenvalue weighted by molar-refractivity contribution is -0.123. The number of benzene rings is 1. The van der Waals surface area contributed by atoms with Crippen molar-refractivity contribution in [3.63, 3.8) is 0 Å². The number of nitrogens with zero attached hydrogens (tertiary/aromatic N) is 1. The van der Waals surface area contributed by atoms with Crippen LogP contribution < -0.4 is 10.2 Å². The zero-order chi connectivity index (χ0) is 16.1. The summed E-state index contributed by atoms with van der Waals surface area (Å²) in [6, 6.07) is 6.75. The molecular formula is C14H11Cl3N2O2S. The second kappa shape index (κ2) is 7.83. The largest absolute Gasteiger partial charge is 0.482 e. The van der Waals surface area contributed by atoms with Gasteiger partial charge in [0.2, 0.25) is 0 Å². The molecule has 0 bridgehead atoms. The summed E-state index contributed by atoms with van der Waals surface area (Å²) in [5.41, 5.74) is 3.13. The Morgan fingerprint density at radius 2 is 2.00 bits per heavy atom. The minimum absolute atomic E-state index is 0.237. The van der Waals surface area contributed by atoms with Gasteiger partial charge in [-0.05, 0) is 24.4 Å². The van der Waals surface area contributed by atoms with Gasteiger partial charge in [-0.25, -0.2) is 5.43 Å². The van der Waals surface area contributed by atoms with Crippen molar-refractivity contribution in [1.29, 1.82) is 0 Å². The average molecular weight is 378 g/mol. The van der Waals surface area contributed by atoms with Gasteiger partial charge in [-0.3, -0.25) is 4.79 Å². The molecule has 0 saturated heterocycles. The number of nitrogens with one attached hydrogen (secondary N) is 1. The molecule has 4 nitrogen and oxygen atoms in total. The van der Waals surface area contributed by atoms with Crippen LogP contribution in [0.25, 0.3) is 0 Å². The van der Waals surface area contributed by atoms with Crippen LogP contribution in [-0.2, 0) is 4.79 Å². The van der Waals surface area contributed by atoms with Gasteiger partial charge in [0.05, 0.1) is 20.8 Å². The van der Waals surface area contributed by atoms with Crippen LogP contribution in [0.5, 0.6) is 5.75 Å². The first-order valence-electron chi connectivity index (χ1n) is 6.11. The van der Waals surface area contributed by atoms with Crippen molar-refractivity contribution in [3.05, 3.63) is 49.6 Å².